The van der Waals surface area contributed by atoms with Crippen LogP contribution >= 0.6 is 15.9 Å². The molecule has 2 rings (SSSR count). The van der Waals surface area contributed by atoms with Crippen LogP contribution in [0.15, 0.2) is 10.5 Å². The third-order valence-electron chi connectivity index (χ3n) is 3.08. The number of aryl methyl sites for hydroxylation is 1. The van der Waals surface area contributed by atoms with Crippen molar-refractivity contribution in [3.8, 4) is 5.75 Å². The van der Waals surface area contributed by atoms with E-state index in [9.17, 15) is 5.11 Å². The van der Waals surface area contributed by atoms with Gasteiger partial charge in [0.1, 0.15) is 5.75 Å². The largest absolute Gasteiger partial charge is 0.506 e. The van der Waals surface area contributed by atoms with Gasteiger partial charge in [-0.05, 0) is 77.3 Å². The van der Waals surface area contributed by atoms with Gasteiger partial charge < -0.3 is 10.8 Å². The van der Waals surface area contributed by atoms with Crippen molar-refractivity contribution in [3.05, 3.63) is 27.2 Å². The summed E-state index contributed by atoms with van der Waals surface area (Å²) in [5.74, 6) is 0.390. The van der Waals surface area contributed by atoms with Crippen LogP contribution in [0.3, 0.4) is 0 Å². The minimum absolute atomic E-state index is 0.390. The monoisotopic (exact) mass is 269 g/mol. The summed E-state index contributed by atoms with van der Waals surface area (Å²) in [7, 11) is 0. The highest BCUT2D eigenvalue weighted by atomic mass is 79.9. The Bertz CT molecular complexity index is 376. The summed E-state index contributed by atoms with van der Waals surface area (Å²) < 4.78 is 0.812. The Balaban J connectivity index is 2.52. The van der Waals surface area contributed by atoms with Crippen molar-refractivity contribution in [2.45, 2.75) is 32.1 Å². The number of fused-ring (bicyclic) bond motifs is 1. The minimum atomic E-state index is 0.390. The van der Waals surface area contributed by atoms with Gasteiger partial charge >= 0.3 is 0 Å². The normalized spacial score (nSPS) is 15.1. The standard InChI is InChI=1S/C12H16BrNO/c13-11-7-8-3-1-2-4-9(8)10(5-6-14)12(11)15/h7,15H,1-6,14H2. The maximum absolute atomic E-state index is 9.98. The van der Waals surface area contributed by atoms with Gasteiger partial charge in [0.15, 0.2) is 0 Å². The summed E-state index contributed by atoms with van der Waals surface area (Å²) in [5, 5.41) is 9.98. The lowest BCUT2D eigenvalue weighted by atomic mass is 9.87. The first-order valence-corrected chi connectivity index (χ1v) is 6.25. The van der Waals surface area contributed by atoms with Gasteiger partial charge in [-0.2, -0.15) is 0 Å². The summed E-state index contributed by atoms with van der Waals surface area (Å²) in [5.41, 5.74) is 9.37. The number of phenols is 1. The summed E-state index contributed by atoms with van der Waals surface area (Å²) in [6.07, 6.45) is 5.48. The minimum Gasteiger partial charge on any atom is -0.506 e. The maximum Gasteiger partial charge on any atom is 0.133 e. The first kappa shape index (κ1) is 11.0. The summed E-state index contributed by atoms with van der Waals surface area (Å²) in [4.78, 5) is 0. The van der Waals surface area contributed by atoms with Crippen LogP contribution in [0, 0.1) is 0 Å². The molecule has 1 aliphatic rings. The van der Waals surface area contributed by atoms with E-state index in [2.05, 4.69) is 22.0 Å². The number of benzene rings is 1. The molecule has 0 aliphatic heterocycles. The molecule has 0 atom stereocenters. The van der Waals surface area contributed by atoms with E-state index in [0.29, 0.717) is 12.3 Å². The molecule has 3 heteroatoms. The Morgan fingerprint density at radius 3 is 2.80 bits per heavy atom. The second kappa shape index (κ2) is 4.54. The Morgan fingerprint density at radius 2 is 2.07 bits per heavy atom. The van der Waals surface area contributed by atoms with Gasteiger partial charge in [0.25, 0.3) is 0 Å². The molecule has 0 saturated carbocycles. The highest BCUT2D eigenvalue weighted by Gasteiger charge is 2.18. The van der Waals surface area contributed by atoms with Crippen molar-refractivity contribution in [2.24, 2.45) is 5.73 Å². The van der Waals surface area contributed by atoms with Gasteiger partial charge in [-0.25, -0.2) is 0 Å². The molecule has 0 fully saturated rings. The number of hydrogen-bond donors (Lipinski definition) is 2. The van der Waals surface area contributed by atoms with E-state index >= 15 is 0 Å². The van der Waals surface area contributed by atoms with Crippen LogP contribution in [0.4, 0.5) is 0 Å². The Labute approximate surface area is 98.6 Å². The number of halogens is 1. The van der Waals surface area contributed by atoms with E-state index in [0.717, 1.165) is 29.3 Å². The lowest BCUT2D eigenvalue weighted by Gasteiger charge is -2.21. The number of nitrogens with two attached hydrogens (primary N) is 1. The zero-order valence-corrected chi connectivity index (χ0v) is 10.3. The number of phenolic OH excluding ortho intramolecular Hbond substituents is 1. The van der Waals surface area contributed by atoms with Crippen LogP contribution < -0.4 is 5.73 Å². The van der Waals surface area contributed by atoms with E-state index in [4.69, 9.17) is 5.73 Å². The Morgan fingerprint density at radius 1 is 1.33 bits per heavy atom. The highest BCUT2D eigenvalue weighted by molar-refractivity contribution is 9.10. The van der Waals surface area contributed by atoms with Gasteiger partial charge in [-0.15, -0.1) is 0 Å². The molecule has 0 saturated heterocycles. The molecular weight excluding hydrogens is 254 g/mol. The molecule has 0 heterocycles. The van der Waals surface area contributed by atoms with Crippen LogP contribution in [-0.4, -0.2) is 11.7 Å². The van der Waals surface area contributed by atoms with Crippen molar-refractivity contribution >= 4 is 15.9 Å². The highest BCUT2D eigenvalue weighted by Crippen LogP contribution is 2.36. The third kappa shape index (κ3) is 2.04. The predicted molar refractivity (Wildman–Crippen MR) is 65.2 cm³/mol. The van der Waals surface area contributed by atoms with Crippen molar-refractivity contribution in [3.63, 3.8) is 0 Å². The molecular formula is C12H16BrNO. The second-order valence-corrected chi connectivity index (χ2v) is 4.92. The van der Waals surface area contributed by atoms with Crippen LogP contribution in [0.1, 0.15) is 29.5 Å². The molecule has 1 aromatic rings. The van der Waals surface area contributed by atoms with Crippen molar-refractivity contribution in [1.82, 2.24) is 0 Å². The Hall–Kier alpha value is -0.540. The molecule has 0 unspecified atom stereocenters. The lowest BCUT2D eigenvalue weighted by Crippen LogP contribution is -2.11. The molecule has 82 valence electrons. The van der Waals surface area contributed by atoms with E-state index < -0.39 is 0 Å². The molecule has 0 radical (unpaired) electrons. The van der Waals surface area contributed by atoms with Gasteiger partial charge in [-0.1, -0.05) is 0 Å². The molecule has 0 aromatic heterocycles. The fraction of sp³-hybridized carbons (Fsp3) is 0.500. The van der Waals surface area contributed by atoms with Crippen LogP contribution in [0.5, 0.6) is 5.75 Å². The van der Waals surface area contributed by atoms with Crippen LogP contribution in [-0.2, 0) is 19.3 Å². The fourth-order valence-electron chi connectivity index (χ4n) is 2.35. The number of aromatic hydroxyl groups is 1. The van der Waals surface area contributed by atoms with E-state index in [1.165, 1.54) is 24.0 Å². The molecule has 3 N–H and O–H groups in total. The third-order valence-corrected chi connectivity index (χ3v) is 3.69. The van der Waals surface area contributed by atoms with E-state index in [-0.39, 0.29) is 0 Å². The quantitative estimate of drug-likeness (QED) is 0.867. The number of hydrogen-bond acceptors (Lipinski definition) is 2. The first-order chi connectivity index (χ1) is 7.24. The lowest BCUT2D eigenvalue weighted by molar-refractivity contribution is 0.461. The van der Waals surface area contributed by atoms with Crippen LogP contribution in [0.25, 0.3) is 0 Å². The average Bonchev–Trinajstić information content (AvgIpc) is 2.25. The van der Waals surface area contributed by atoms with Gasteiger partial charge in [0.05, 0.1) is 4.47 Å². The molecule has 15 heavy (non-hydrogen) atoms. The molecule has 0 spiro atoms. The van der Waals surface area contributed by atoms with Gasteiger partial charge in [0, 0.05) is 0 Å². The zero-order valence-electron chi connectivity index (χ0n) is 8.72. The average molecular weight is 270 g/mol. The molecule has 1 aliphatic carbocycles. The first-order valence-electron chi connectivity index (χ1n) is 5.46. The molecule has 0 amide bonds. The van der Waals surface area contributed by atoms with E-state index in [1.807, 2.05) is 0 Å². The van der Waals surface area contributed by atoms with Gasteiger partial charge in [-0.3, -0.25) is 0 Å². The Kier molecular flexibility index (Phi) is 3.32. The van der Waals surface area contributed by atoms with Crippen molar-refractivity contribution < 1.29 is 5.11 Å². The summed E-state index contributed by atoms with van der Waals surface area (Å²) in [6, 6.07) is 2.06. The molecule has 0 bridgehead atoms. The maximum atomic E-state index is 9.98. The van der Waals surface area contributed by atoms with Crippen molar-refractivity contribution in [2.75, 3.05) is 6.54 Å². The smallest absolute Gasteiger partial charge is 0.133 e. The SMILES string of the molecule is NCCc1c(O)c(Br)cc2c1CCCC2. The van der Waals surface area contributed by atoms with E-state index in [1.54, 1.807) is 0 Å². The topological polar surface area (TPSA) is 46.2 Å². The van der Waals surface area contributed by atoms with Crippen molar-refractivity contribution in [1.29, 1.82) is 0 Å². The summed E-state index contributed by atoms with van der Waals surface area (Å²) in [6.45, 7) is 0.594. The fourth-order valence-corrected chi connectivity index (χ4v) is 2.87. The second-order valence-electron chi connectivity index (χ2n) is 4.07. The summed E-state index contributed by atoms with van der Waals surface area (Å²) >= 11 is 3.40. The number of rotatable bonds is 2. The molecule has 1 aromatic carbocycles. The predicted octanol–water partition coefficient (Wildman–Crippen LogP) is 2.53. The van der Waals surface area contributed by atoms with Crippen LogP contribution in [0.2, 0.25) is 0 Å². The molecule has 2 nitrogen and oxygen atoms in total. The zero-order chi connectivity index (χ0) is 10.8. The van der Waals surface area contributed by atoms with Gasteiger partial charge in [0.2, 0.25) is 0 Å².